The van der Waals surface area contributed by atoms with Crippen LogP contribution in [0.1, 0.15) is 15.9 Å². The maximum atomic E-state index is 10.6. The monoisotopic (exact) mass is 137 g/mol. The first-order chi connectivity index (χ1) is 4.74. The Hall–Kier alpha value is -1.38. The summed E-state index contributed by atoms with van der Waals surface area (Å²) in [6.07, 6.45) is 3.29. The Morgan fingerprint density at radius 2 is 2.40 bits per heavy atom. The van der Waals surface area contributed by atoms with Crippen LogP contribution in [0.5, 0.6) is 0 Å². The van der Waals surface area contributed by atoms with E-state index in [0.29, 0.717) is 16.6 Å². The van der Waals surface area contributed by atoms with E-state index in [2.05, 4.69) is 0 Å². The summed E-state index contributed by atoms with van der Waals surface area (Å²) in [4.78, 5) is 10.2. The molecule has 0 fully saturated rings. The van der Waals surface area contributed by atoms with E-state index in [-0.39, 0.29) is 0 Å². The Morgan fingerprint density at radius 3 is 2.90 bits per heavy atom. The summed E-state index contributed by atoms with van der Waals surface area (Å²) >= 11 is 0. The van der Waals surface area contributed by atoms with Crippen molar-refractivity contribution in [1.82, 2.24) is 0 Å². The summed E-state index contributed by atoms with van der Waals surface area (Å²) in [5.41, 5.74) is 1.26. The average Bonchev–Trinajstić information content (AvgIpc) is 1.94. The summed E-state index contributed by atoms with van der Waals surface area (Å²) < 4.78 is 0.608. The van der Waals surface area contributed by atoms with Crippen molar-refractivity contribution in [2.45, 2.75) is 6.92 Å². The first kappa shape index (κ1) is 6.74. The Morgan fingerprint density at radius 1 is 1.70 bits per heavy atom. The second kappa shape index (κ2) is 2.47. The molecule has 0 aromatic carbocycles. The Kier molecular flexibility index (Phi) is 1.67. The molecule has 0 bridgehead atoms. The minimum atomic E-state index is 0.442. The fourth-order valence-corrected chi connectivity index (χ4v) is 0.687. The highest BCUT2D eigenvalue weighted by Gasteiger charge is 1.98. The number of pyridine rings is 1. The van der Waals surface area contributed by atoms with Crippen molar-refractivity contribution in [2.75, 3.05) is 0 Å². The second-order valence-electron chi connectivity index (χ2n) is 2.06. The van der Waals surface area contributed by atoms with Gasteiger partial charge in [0.1, 0.15) is 0 Å². The summed E-state index contributed by atoms with van der Waals surface area (Å²) in [6, 6.07) is 1.61. The van der Waals surface area contributed by atoms with Crippen molar-refractivity contribution in [1.29, 1.82) is 0 Å². The van der Waals surface area contributed by atoms with Crippen LogP contribution >= 0.6 is 0 Å². The predicted octanol–water partition coefficient (Wildman–Crippen LogP) is 0.441. The molecule has 0 spiro atoms. The quantitative estimate of drug-likeness (QED) is 0.320. The second-order valence-corrected chi connectivity index (χ2v) is 2.06. The molecule has 1 aromatic heterocycles. The zero-order valence-electron chi connectivity index (χ0n) is 5.57. The fraction of sp³-hybridized carbons (Fsp3) is 0.143. The van der Waals surface area contributed by atoms with Gasteiger partial charge in [0, 0.05) is 6.07 Å². The number of hydrogen-bond donors (Lipinski definition) is 0. The van der Waals surface area contributed by atoms with Crippen LogP contribution in [0, 0.1) is 12.1 Å². The molecule has 0 amide bonds. The normalized spacial score (nSPS) is 9.30. The third-order valence-electron chi connectivity index (χ3n) is 1.32. The minimum Gasteiger partial charge on any atom is -0.619 e. The van der Waals surface area contributed by atoms with E-state index < -0.39 is 0 Å². The van der Waals surface area contributed by atoms with Crippen LogP contribution in [0.3, 0.4) is 0 Å². The van der Waals surface area contributed by atoms with Gasteiger partial charge >= 0.3 is 0 Å². The number of rotatable bonds is 1. The SMILES string of the molecule is Cc1cc[n+]([O-])cc1C=O. The summed E-state index contributed by atoms with van der Waals surface area (Å²) in [5.74, 6) is 0. The lowest BCUT2D eigenvalue weighted by Gasteiger charge is -1.97. The van der Waals surface area contributed by atoms with Gasteiger partial charge in [-0.25, -0.2) is 0 Å². The number of aromatic nitrogens is 1. The van der Waals surface area contributed by atoms with Crippen molar-refractivity contribution in [3.8, 4) is 0 Å². The van der Waals surface area contributed by atoms with E-state index >= 15 is 0 Å². The van der Waals surface area contributed by atoms with Crippen LogP contribution < -0.4 is 4.73 Å². The largest absolute Gasteiger partial charge is 0.619 e. The number of aryl methyl sites for hydroxylation is 1. The van der Waals surface area contributed by atoms with Gasteiger partial charge in [-0.15, -0.1) is 0 Å². The molecule has 3 nitrogen and oxygen atoms in total. The van der Waals surface area contributed by atoms with Gasteiger partial charge in [0.2, 0.25) is 0 Å². The van der Waals surface area contributed by atoms with Crippen LogP contribution in [0.2, 0.25) is 0 Å². The molecule has 1 rings (SSSR count). The van der Waals surface area contributed by atoms with Gasteiger partial charge in [-0.2, -0.15) is 4.73 Å². The third kappa shape index (κ3) is 1.13. The Bertz CT molecular complexity index is 258. The minimum absolute atomic E-state index is 0.442. The Labute approximate surface area is 58.5 Å². The lowest BCUT2D eigenvalue weighted by Crippen LogP contribution is -2.25. The molecule has 1 aromatic rings. The molecule has 0 aliphatic carbocycles. The number of carbonyl (C=O) groups is 1. The van der Waals surface area contributed by atoms with E-state index in [1.807, 2.05) is 0 Å². The molecule has 0 radical (unpaired) electrons. The van der Waals surface area contributed by atoms with E-state index in [4.69, 9.17) is 0 Å². The van der Waals surface area contributed by atoms with Crippen LogP contribution in [0.15, 0.2) is 18.5 Å². The van der Waals surface area contributed by atoms with Crippen LogP contribution in [0.4, 0.5) is 0 Å². The standard InChI is InChI=1S/C7H7NO2/c1-6-2-3-8(10)4-7(6)5-9/h2-5H,1H3. The van der Waals surface area contributed by atoms with Gasteiger partial charge in [-0.3, -0.25) is 4.79 Å². The van der Waals surface area contributed by atoms with E-state index in [0.717, 1.165) is 5.56 Å². The summed E-state index contributed by atoms with van der Waals surface area (Å²) in [6.45, 7) is 1.78. The molecule has 10 heavy (non-hydrogen) atoms. The van der Waals surface area contributed by atoms with E-state index in [9.17, 15) is 10.0 Å². The average molecular weight is 137 g/mol. The highest BCUT2D eigenvalue weighted by Crippen LogP contribution is 1.98. The van der Waals surface area contributed by atoms with Crippen LogP contribution in [-0.4, -0.2) is 6.29 Å². The zero-order valence-corrected chi connectivity index (χ0v) is 5.57. The smallest absolute Gasteiger partial charge is 0.191 e. The van der Waals surface area contributed by atoms with E-state index in [1.54, 1.807) is 13.0 Å². The number of aldehydes is 1. The topological polar surface area (TPSA) is 44.0 Å². The molecule has 1 heterocycles. The summed E-state index contributed by atoms with van der Waals surface area (Å²) in [5, 5.41) is 10.6. The van der Waals surface area contributed by atoms with Crippen LogP contribution in [0.25, 0.3) is 0 Å². The zero-order chi connectivity index (χ0) is 7.56. The van der Waals surface area contributed by atoms with Gasteiger partial charge < -0.3 is 5.21 Å². The summed E-state index contributed by atoms with van der Waals surface area (Å²) in [7, 11) is 0. The molecule has 0 saturated heterocycles. The molecule has 3 heteroatoms. The maximum Gasteiger partial charge on any atom is 0.191 e. The van der Waals surface area contributed by atoms with Crippen molar-refractivity contribution < 1.29 is 9.52 Å². The lowest BCUT2D eigenvalue weighted by atomic mass is 10.2. The van der Waals surface area contributed by atoms with Crippen molar-refractivity contribution in [3.05, 3.63) is 34.8 Å². The van der Waals surface area contributed by atoms with E-state index in [1.165, 1.54) is 12.4 Å². The number of carbonyl (C=O) groups excluding carboxylic acids is 1. The Balaban J connectivity index is 3.21. The molecule has 0 saturated carbocycles. The molecule has 0 atom stereocenters. The maximum absolute atomic E-state index is 10.6. The number of hydrogen-bond acceptors (Lipinski definition) is 2. The first-order valence-electron chi connectivity index (χ1n) is 2.88. The number of nitrogens with zero attached hydrogens (tertiary/aromatic N) is 1. The molecule has 0 aliphatic heterocycles. The fourth-order valence-electron chi connectivity index (χ4n) is 0.687. The molecular weight excluding hydrogens is 130 g/mol. The molecule has 0 N–H and O–H groups in total. The van der Waals surface area contributed by atoms with Crippen LogP contribution in [-0.2, 0) is 0 Å². The molecule has 0 unspecified atom stereocenters. The molecule has 0 aliphatic rings. The third-order valence-corrected chi connectivity index (χ3v) is 1.32. The van der Waals surface area contributed by atoms with Gasteiger partial charge in [-0.05, 0) is 12.5 Å². The van der Waals surface area contributed by atoms with Gasteiger partial charge in [0.15, 0.2) is 18.7 Å². The van der Waals surface area contributed by atoms with Crippen molar-refractivity contribution >= 4 is 6.29 Å². The predicted molar refractivity (Wildman–Crippen MR) is 35.5 cm³/mol. The van der Waals surface area contributed by atoms with Crippen molar-refractivity contribution in [2.24, 2.45) is 0 Å². The van der Waals surface area contributed by atoms with Gasteiger partial charge in [0.25, 0.3) is 0 Å². The first-order valence-corrected chi connectivity index (χ1v) is 2.88. The molecular formula is C7H7NO2. The highest BCUT2D eigenvalue weighted by atomic mass is 16.5. The lowest BCUT2D eigenvalue weighted by molar-refractivity contribution is -0.605. The van der Waals surface area contributed by atoms with Crippen molar-refractivity contribution in [3.63, 3.8) is 0 Å². The van der Waals surface area contributed by atoms with Gasteiger partial charge in [-0.1, -0.05) is 0 Å². The highest BCUT2D eigenvalue weighted by molar-refractivity contribution is 5.75. The molecule has 52 valence electrons. The van der Waals surface area contributed by atoms with Gasteiger partial charge in [0.05, 0.1) is 5.56 Å².